The number of hydrogen-bond acceptors (Lipinski definition) is 3. The molecule has 0 heterocycles. The van der Waals surface area contributed by atoms with E-state index >= 15 is 0 Å². The summed E-state index contributed by atoms with van der Waals surface area (Å²) in [7, 11) is -3.21. The van der Waals surface area contributed by atoms with Crippen molar-refractivity contribution in [2.24, 2.45) is 11.7 Å². The molecule has 0 radical (unpaired) electrons. The van der Waals surface area contributed by atoms with E-state index in [1.54, 1.807) is 4.31 Å². The Hall–Kier alpha value is -0.910. The highest BCUT2D eigenvalue weighted by Gasteiger charge is 2.27. The fraction of sp³-hybridized carbons (Fsp3) is 0.600. The van der Waals surface area contributed by atoms with Gasteiger partial charge in [0.25, 0.3) is 0 Å². The highest BCUT2D eigenvalue weighted by molar-refractivity contribution is 7.89. The van der Waals surface area contributed by atoms with Crippen LogP contribution in [0.25, 0.3) is 0 Å². The van der Waals surface area contributed by atoms with E-state index in [1.165, 1.54) is 0 Å². The molecule has 0 atom stereocenters. The largest absolute Gasteiger partial charge is 0.329 e. The molecule has 1 aromatic rings. The minimum absolute atomic E-state index is 0.278. The van der Waals surface area contributed by atoms with Gasteiger partial charge in [0.1, 0.15) is 0 Å². The molecule has 4 nitrogen and oxygen atoms in total. The van der Waals surface area contributed by atoms with Gasteiger partial charge >= 0.3 is 0 Å². The zero-order valence-corrected chi connectivity index (χ0v) is 12.7. The van der Waals surface area contributed by atoms with Crippen LogP contribution >= 0.6 is 0 Å². The zero-order chi connectivity index (χ0) is 14.4. The lowest BCUT2D eigenvalue weighted by atomic mass is 10.1. The third-order valence-electron chi connectivity index (χ3n) is 3.89. The molecule has 112 valence electrons. The van der Waals surface area contributed by atoms with Crippen LogP contribution in [0.1, 0.15) is 31.2 Å². The summed E-state index contributed by atoms with van der Waals surface area (Å²) < 4.78 is 26.6. The number of rotatable bonds is 7. The standard InChI is InChI=1S/C15H24N2O2S/c16-10-11-17(12-14-6-2-1-3-7-14)20(18,19)13-15-8-4-5-9-15/h1-3,6-7,15H,4-5,8-13,16H2. The van der Waals surface area contributed by atoms with Gasteiger partial charge in [0, 0.05) is 19.6 Å². The number of sulfonamides is 1. The molecule has 0 aromatic heterocycles. The van der Waals surface area contributed by atoms with Crippen molar-refractivity contribution in [2.75, 3.05) is 18.8 Å². The van der Waals surface area contributed by atoms with Gasteiger partial charge in [-0.05, 0) is 24.3 Å². The smallest absolute Gasteiger partial charge is 0.214 e. The van der Waals surface area contributed by atoms with E-state index in [1.807, 2.05) is 30.3 Å². The Bertz CT molecular complexity index is 496. The molecule has 1 aliphatic rings. The summed E-state index contributed by atoms with van der Waals surface area (Å²) in [5, 5.41) is 0. The third-order valence-corrected chi connectivity index (χ3v) is 5.89. The first-order valence-corrected chi connectivity index (χ1v) is 8.94. The molecule has 5 heteroatoms. The van der Waals surface area contributed by atoms with E-state index < -0.39 is 10.0 Å². The predicted octanol–water partition coefficient (Wildman–Crippen LogP) is 1.97. The van der Waals surface area contributed by atoms with Crippen molar-refractivity contribution in [1.82, 2.24) is 4.31 Å². The van der Waals surface area contributed by atoms with Gasteiger partial charge in [0.05, 0.1) is 5.75 Å². The minimum atomic E-state index is -3.21. The van der Waals surface area contributed by atoms with Crippen LogP contribution in [0, 0.1) is 5.92 Å². The Morgan fingerprint density at radius 2 is 1.80 bits per heavy atom. The van der Waals surface area contributed by atoms with E-state index in [4.69, 9.17) is 5.73 Å². The summed E-state index contributed by atoms with van der Waals surface area (Å²) in [6.07, 6.45) is 4.41. The fourth-order valence-electron chi connectivity index (χ4n) is 2.83. The summed E-state index contributed by atoms with van der Waals surface area (Å²) in [5.74, 6) is 0.607. The summed E-state index contributed by atoms with van der Waals surface area (Å²) in [6, 6.07) is 9.70. The van der Waals surface area contributed by atoms with Gasteiger partial charge in [-0.2, -0.15) is 4.31 Å². The molecule has 2 N–H and O–H groups in total. The Balaban J connectivity index is 2.06. The third kappa shape index (κ3) is 4.30. The van der Waals surface area contributed by atoms with E-state index in [-0.39, 0.29) is 5.75 Å². The highest BCUT2D eigenvalue weighted by atomic mass is 32.2. The normalized spacial score (nSPS) is 16.9. The molecule has 0 bridgehead atoms. The van der Waals surface area contributed by atoms with Gasteiger partial charge in [-0.25, -0.2) is 8.42 Å². The average Bonchev–Trinajstić information content (AvgIpc) is 2.91. The van der Waals surface area contributed by atoms with Gasteiger partial charge in [0.15, 0.2) is 0 Å². The molecule has 0 unspecified atom stereocenters. The van der Waals surface area contributed by atoms with Crippen molar-refractivity contribution >= 4 is 10.0 Å². The quantitative estimate of drug-likeness (QED) is 0.836. The summed E-state index contributed by atoms with van der Waals surface area (Å²) in [6.45, 7) is 1.17. The lowest BCUT2D eigenvalue weighted by molar-refractivity contribution is 0.406. The van der Waals surface area contributed by atoms with Gasteiger partial charge in [0.2, 0.25) is 10.0 Å². The van der Waals surface area contributed by atoms with Crippen molar-refractivity contribution in [3.63, 3.8) is 0 Å². The minimum Gasteiger partial charge on any atom is -0.329 e. The molecule has 1 aliphatic carbocycles. The second-order valence-corrected chi connectivity index (χ2v) is 7.55. The van der Waals surface area contributed by atoms with Gasteiger partial charge in [-0.15, -0.1) is 0 Å². The molecule has 0 aliphatic heterocycles. The van der Waals surface area contributed by atoms with Gasteiger partial charge in [-0.1, -0.05) is 43.2 Å². The summed E-state index contributed by atoms with van der Waals surface area (Å²) in [5.41, 5.74) is 6.59. The molecule has 0 saturated heterocycles. The van der Waals surface area contributed by atoms with Crippen LogP contribution in [0.3, 0.4) is 0 Å². The van der Waals surface area contributed by atoms with Crippen molar-refractivity contribution in [2.45, 2.75) is 32.2 Å². The monoisotopic (exact) mass is 296 g/mol. The average molecular weight is 296 g/mol. The van der Waals surface area contributed by atoms with Crippen molar-refractivity contribution in [1.29, 1.82) is 0 Å². The Labute approximate surface area is 122 Å². The molecule has 1 aromatic carbocycles. The van der Waals surface area contributed by atoms with E-state index in [2.05, 4.69) is 0 Å². The fourth-order valence-corrected chi connectivity index (χ4v) is 4.70. The van der Waals surface area contributed by atoms with Gasteiger partial charge < -0.3 is 5.73 Å². The summed E-state index contributed by atoms with van der Waals surface area (Å²) in [4.78, 5) is 0. The van der Waals surface area contributed by atoms with E-state index in [0.29, 0.717) is 25.6 Å². The molecule has 1 fully saturated rings. The SMILES string of the molecule is NCCN(Cc1ccccc1)S(=O)(=O)CC1CCCC1. The Morgan fingerprint density at radius 1 is 1.15 bits per heavy atom. The van der Waals surface area contributed by atoms with E-state index in [0.717, 1.165) is 31.2 Å². The summed E-state index contributed by atoms with van der Waals surface area (Å²) >= 11 is 0. The van der Waals surface area contributed by atoms with Crippen LogP contribution in [0.4, 0.5) is 0 Å². The molecule has 0 spiro atoms. The molecular weight excluding hydrogens is 272 g/mol. The maximum atomic E-state index is 12.6. The topological polar surface area (TPSA) is 63.4 Å². The zero-order valence-electron chi connectivity index (χ0n) is 11.9. The Morgan fingerprint density at radius 3 is 2.40 bits per heavy atom. The number of benzene rings is 1. The molecular formula is C15H24N2O2S. The first kappa shape index (κ1) is 15.5. The lowest BCUT2D eigenvalue weighted by Gasteiger charge is -2.23. The van der Waals surface area contributed by atoms with Crippen LogP contribution in [0.2, 0.25) is 0 Å². The van der Waals surface area contributed by atoms with Crippen LogP contribution < -0.4 is 5.73 Å². The number of nitrogens with two attached hydrogens (primary N) is 1. The number of hydrogen-bond donors (Lipinski definition) is 1. The van der Waals surface area contributed by atoms with E-state index in [9.17, 15) is 8.42 Å². The molecule has 0 amide bonds. The molecule has 20 heavy (non-hydrogen) atoms. The highest BCUT2D eigenvalue weighted by Crippen LogP contribution is 2.27. The first-order valence-electron chi connectivity index (χ1n) is 7.33. The first-order chi connectivity index (χ1) is 9.62. The maximum Gasteiger partial charge on any atom is 0.214 e. The van der Waals surface area contributed by atoms with Crippen LogP contribution in [-0.2, 0) is 16.6 Å². The second kappa shape index (κ2) is 7.20. The number of nitrogens with zero attached hydrogens (tertiary/aromatic N) is 1. The predicted molar refractivity (Wildman–Crippen MR) is 81.7 cm³/mol. The van der Waals surface area contributed by atoms with Crippen LogP contribution in [0.5, 0.6) is 0 Å². The second-order valence-electron chi connectivity index (χ2n) is 5.54. The van der Waals surface area contributed by atoms with Crippen LogP contribution in [-0.4, -0.2) is 31.6 Å². The van der Waals surface area contributed by atoms with Crippen molar-refractivity contribution in [3.05, 3.63) is 35.9 Å². The Kier molecular flexibility index (Phi) is 5.57. The molecule has 1 saturated carbocycles. The van der Waals surface area contributed by atoms with Gasteiger partial charge in [-0.3, -0.25) is 0 Å². The maximum absolute atomic E-state index is 12.6. The van der Waals surface area contributed by atoms with Crippen molar-refractivity contribution < 1.29 is 8.42 Å². The van der Waals surface area contributed by atoms with Crippen molar-refractivity contribution in [3.8, 4) is 0 Å². The van der Waals surface area contributed by atoms with Crippen LogP contribution in [0.15, 0.2) is 30.3 Å². The molecule has 2 rings (SSSR count). The lowest BCUT2D eigenvalue weighted by Crippen LogP contribution is -2.37.